The zero-order chi connectivity index (χ0) is 20.4. The number of rotatable bonds is 5. The van der Waals surface area contributed by atoms with Gasteiger partial charge >= 0.3 is 0 Å². The molecule has 3 aliphatic heterocycles. The molecule has 2 aromatic carbocycles. The molecule has 2 aromatic rings. The molecule has 3 fully saturated rings. The molecule has 6 heteroatoms. The molecule has 1 N–H and O–H groups in total. The molecule has 2 unspecified atom stereocenters. The van der Waals surface area contributed by atoms with Gasteiger partial charge in [-0.25, -0.2) is 0 Å². The van der Waals surface area contributed by atoms with Gasteiger partial charge in [-0.15, -0.1) is 0 Å². The first kappa shape index (κ1) is 20.7. The SMILES string of the molecule is CN1CC2CC[C@H](NC(=O)Cc3ccc(Cl)c(Cl)c3)C1CN2Cc1ccccc1. The zero-order valence-electron chi connectivity index (χ0n) is 16.7. The van der Waals surface area contributed by atoms with E-state index in [9.17, 15) is 4.79 Å². The number of amides is 1. The molecule has 0 spiro atoms. The highest BCUT2D eigenvalue weighted by Crippen LogP contribution is 2.28. The molecule has 3 atom stereocenters. The number of carbonyl (C=O) groups is 1. The highest BCUT2D eigenvalue weighted by Gasteiger charge is 2.40. The molecule has 2 bridgehead atoms. The standard InChI is InChI=1S/C23H27Cl2N3O/c1-27-14-18-8-10-21(22(27)15-28(18)13-16-5-3-2-4-6-16)26-23(29)12-17-7-9-19(24)20(25)11-17/h2-7,9,11,18,21-22H,8,10,12-15H2,1H3,(H,26,29)/t18?,21-,22?/m0/s1. The first-order valence-electron chi connectivity index (χ1n) is 10.2. The predicted octanol–water partition coefficient (Wildman–Crippen LogP) is 4.00. The summed E-state index contributed by atoms with van der Waals surface area (Å²) in [5.41, 5.74) is 2.23. The summed E-state index contributed by atoms with van der Waals surface area (Å²) >= 11 is 12.1. The summed E-state index contributed by atoms with van der Waals surface area (Å²) in [5.74, 6) is 0.0433. The van der Waals surface area contributed by atoms with Crippen molar-refractivity contribution in [1.82, 2.24) is 15.1 Å². The van der Waals surface area contributed by atoms with Crippen LogP contribution in [0.4, 0.5) is 0 Å². The van der Waals surface area contributed by atoms with Gasteiger partial charge in [0, 0.05) is 37.8 Å². The van der Waals surface area contributed by atoms with E-state index in [0.717, 1.165) is 38.0 Å². The lowest BCUT2D eigenvalue weighted by molar-refractivity contribution is -0.121. The third-order valence-corrected chi connectivity index (χ3v) is 6.94. The van der Waals surface area contributed by atoms with E-state index in [4.69, 9.17) is 23.2 Å². The summed E-state index contributed by atoms with van der Waals surface area (Å²) in [4.78, 5) is 17.7. The van der Waals surface area contributed by atoms with Crippen LogP contribution in [0.15, 0.2) is 48.5 Å². The van der Waals surface area contributed by atoms with Crippen LogP contribution in [0.25, 0.3) is 0 Å². The first-order valence-corrected chi connectivity index (χ1v) is 11.0. The van der Waals surface area contributed by atoms with Crippen molar-refractivity contribution < 1.29 is 4.79 Å². The summed E-state index contributed by atoms with van der Waals surface area (Å²) in [6.45, 7) is 3.00. The van der Waals surface area contributed by atoms with E-state index in [1.165, 1.54) is 5.56 Å². The van der Waals surface area contributed by atoms with Crippen LogP contribution in [0.2, 0.25) is 10.0 Å². The second kappa shape index (κ2) is 9.05. The highest BCUT2D eigenvalue weighted by molar-refractivity contribution is 6.42. The number of halogens is 2. The molecule has 0 radical (unpaired) electrons. The molecule has 5 rings (SSSR count). The van der Waals surface area contributed by atoms with E-state index in [2.05, 4.69) is 52.5 Å². The van der Waals surface area contributed by atoms with Crippen molar-refractivity contribution in [3.63, 3.8) is 0 Å². The van der Waals surface area contributed by atoms with Gasteiger partial charge in [-0.3, -0.25) is 14.6 Å². The van der Waals surface area contributed by atoms with Crippen molar-refractivity contribution >= 4 is 29.1 Å². The smallest absolute Gasteiger partial charge is 0.224 e. The van der Waals surface area contributed by atoms with Crippen LogP contribution in [0.3, 0.4) is 0 Å². The minimum absolute atomic E-state index is 0.0433. The quantitative estimate of drug-likeness (QED) is 0.776. The number of hydrogen-bond acceptors (Lipinski definition) is 3. The average Bonchev–Trinajstić information content (AvgIpc) is 2.95. The zero-order valence-corrected chi connectivity index (χ0v) is 18.2. The van der Waals surface area contributed by atoms with Crippen molar-refractivity contribution in [2.24, 2.45) is 0 Å². The van der Waals surface area contributed by atoms with Gasteiger partial charge in [-0.2, -0.15) is 0 Å². The fraction of sp³-hybridized carbons (Fsp3) is 0.435. The van der Waals surface area contributed by atoms with Crippen LogP contribution in [0.1, 0.15) is 24.0 Å². The van der Waals surface area contributed by atoms with Crippen LogP contribution in [-0.2, 0) is 17.8 Å². The van der Waals surface area contributed by atoms with E-state index in [0.29, 0.717) is 28.5 Å². The Labute approximate surface area is 182 Å². The minimum atomic E-state index is 0.0433. The number of nitrogens with zero attached hydrogens (tertiary/aromatic N) is 2. The van der Waals surface area contributed by atoms with Gasteiger partial charge in [-0.1, -0.05) is 59.6 Å². The van der Waals surface area contributed by atoms with Crippen LogP contribution in [-0.4, -0.2) is 54.0 Å². The fourth-order valence-corrected chi connectivity index (χ4v) is 4.98. The number of carbonyl (C=O) groups excluding carboxylic acids is 1. The largest absolute Gasteiger partial charge is 0.351 e. The Morgan fingerprint density at radius 1 is 1.03 bits per heavy atom. The Morgan fingerprint density at radius 2 is 1.83 bits per heavy atom. The molecule has 0 saturated carbocycles. The molecule has 3 saturated heterocycles. The van der Waals surface area contributed by atoms with Gasteiger partial charge in [0.15, 0.2) is 0 Å². The van der Waals surface area contributed by atoms with Crippen molar-refractivity contribution in [3.05, 3.63) is 69.7 Å². The normalized spacial score (nSPS) is 25.0. The maximum absolute atomic E-state index is 12.7. The molecule has 1 amide bonds. The summed E-state index contributed by atoms with van der Waals surface area (Å²) < 4.78 is 0. The molecule has 3 aliphatic rings. The number of fused-ring (bicyclic) bond motifs is 4. The lowest BCUT2D eigenvalue weighted by atomic mass is 10.0. The van der Waals surface area contributed by atoms with Crippen molar-refractivity contribution in [2.75, 3.05) is 20.1 Å². The first-order chi connectivity index (χ1) is 14.0. The van der Waals surface area contributed by atoms with Gasteiger partial charge in [0.05, 0.1) is 16.5 Å². The lowest BCUT2D eigenvalue weighted by Gasteiger charge is -2.44. The Morgan fingerprint density at radius 3 is 2.59 bits per heavy atom. The number of nitrogens with one attached hydrogen (secondary N) is 1. The van der Waals surface area contributed by atoms with Crippen LogP contribution < -0.4 is 5.32 Å². The molecule has 4 nitrogen and oxygen atoms in total. The van der Waals surface area contributed by atoms with E-state index in [-0.39, 0.29) is 11.9 Å². The maximum atomic E-state index is 12.7. The molecule has 3 heterocycles. The molecule has 0 aromatic heterocycles. The Bertz CT molecular complexity index is 860. The number of hydrogen-bond donors (Lipinski definition) is 1. The number of benzene rings is 2. The monoisotopic (exact) mass is 431 g/mol. The third-order valence-electron chi connectivity index (χ3n) is 6.20. The summed E-state index contributed by atoms with van der Waals surface area (Å²) in [6.07, 6.45) is 2.43. The molecular formula is C23H27Cl2N3O. The summed E-state index contributed by atoms with van der Waals surface area (Å²) in [7, 11) is 2.18. The Hall–Kier alpha value is -1.59. The van der Waals surface area contributed by atoms with E-state index in [1.54, 1.807) is 12.1 Å². The number of likely N-dealkylation sites (N-methyl/N-ethyl adjacent to an activating group) is 1. The van der Waals surface area contributed by atoms with Crippen LogP contribution in [0.5, 0.6) is 0 Å². The lowest BCUT2D eigenvalue weighted by Crippen LogP contribution is -2.60. The van der Waals surface area contributed by atoms with Gasteiger partial charge in [-0.05, 0) is 43.1 Å². The molecule has 29 heavy (non-hydrogen) atoms. The average molecular weight is 432 g/mol. The topological polar surface area (TPSA) is 35.6 Å². The molecular weight excluding hydrogens is 405 g/mol. The van der Waals surface area contributed by atoms with E-state index in [1.807, 2.05) is 6.07 Å². The number of piperazine rings is 1. The minimum Gasteiger partial charge on any atom is -0.351 e. The second-order valence-corrected chi connectivity index (χ2v) is 9.07. The van der Waals surface area contributed by atoms with E-state index >= 15 is 0 Å². The van der Waals surface area contributed by atoms with Crippen LogP contribution >= 0.6 is 23.2 Å². The predicted molar refractivity (Wildman–Crippen MR) is 118 cm³/mol. The molecule has 154 valence electrons. The Balaban J connectivity index is 1.40. The van der Waals surface area contributed by atoms with Crippen molar-refractivity contribution in [3.8, 4) is 0 Å². The van der Waals surface area contributed by atoms with Crippen molar-refractivity contribution in [2.45, 2.75) is 43.9 Å². The Kier molecular flexibility index (Phi) is 6.45. The third kappa shape index (κ3) is 4.95. The highest BCUT2D eigenvalue weighted by atomic mass is 35.5. The van der Waals surface area contributed by atoms with Gasteiger partial charge in [0.25, 0.3) is 0 Å². The second-order valence-electron chi connectivity index (χ2n) is 8.25. The fourth-order valence-electron chi connectivity index (χ4n) is 4.66. The summed E-state index contributed by atoms with van der Waals surface area (Å²) in [6, 6.07) is 17.1. The van der Waals surface area contributed by atoms with E-state index < -0.39 is 0 Å². The van der Waals surface area contributed by atoms with Gasteiger partial charge in [0.1, 0.15) is 0 Å². The van der Waals surface area contributed by atoms with Gasteiger partial charge in [0.2, 0.25) is 5.91 Å². The van der Waals surface area contributed by atoms with Crippen molar-refractivity contribution in [1.29, 1.82) is 0 Å². The summed E-state index contributed by atoms with van der Waals surface area (Å²) in [5, 5.41) is 4.30. The molecule has 0 aliphatic carbocycles. The van der Waals surface area contributed by atoms with Crippen LogP contribution in [0, 0.1) is 0 Å². The van der Waals surface area contributed by atoms with Gasteiger partial charge < -0.3 is 5.32 Å². The maximum Gasteiger partial charge on any atom is 0.224 e.